The molecule has 0 fully saturated rings. The second-order valence-corrected chi connectivity index (χ2v) is 9.05. The van der Waals surface area contributed by atoms with Crippen molar-refractivity contribution < 1.29 is 14.3 Å². The number of H-pyrrole nitrogens is 1. The van der Waals surface area contributed by atoms with Gasteiger partial charge in [-0.1, -0.05) is 18.2 Å². The summed E-state index contributed by atoms with van der Waals surface area (Å²) in [5, 5.41) is 13.8. The van der Waals surface area contributed by atoms with Crippen LogP contribution in [0, 0.1) is 25.2 Å². The van der Waals surface area contributed by atoms with E-state index in [1.165, 1.54) is 0 Å². The number of fused-ring (bicyclic) bond motifs is 3. The lowest BCUT2D eigenvalue weighted by atomic mass is 10.1. The fourth-order valence-electron chi connectivity index (χ4n) is 4.56. The van der Waals surface area contributed by atoms with Crippen LogP contribution in [0.25, 0.3) is 33.6 Å². The van der Waals surface area contributed by atoms with Crippen molar-refractivity contribution in [2.75, 3.05) is 12.1 Å². The predicted octanol–water partition coefficient (Wildman–Crippen LogP) is 5.57. The summed E-state index contributed by atoms with van der Waals surface area (Å²) in [4.78, 5) is 20.8. The van der Waals surface area contributed by atoms with Crippen molar-refractivity contribution in [3.8, 4) is 17.6 Å². The minimum Gasteiger partial charge on any atom is -0.454 e. The Labute approximate surface area is 212 Å². The molecule has 0 saturated heterocycles. The molecule has 2 aromatic heterocycles. The molecule has 0 aliphatic carbocycles. The molecule has 2 N–H and O–H groups in total. The summed E-state index contributed by atoms with van der Waals surface area (Å²) in [5.41, 5.74) is 6.79. The lowest BCUT2D eigenvalue weighted by Gasteiger charge is -2.08. The highest BCUT2D eigenvalue weighted by atomic mass is 16.7. The fraction of sp³-hybridized carbons (Fsp3) is 0.138. The first-order valence-corrected chi connectivity index (χ1v) is 11.8. The quantitative estimate of drug-likeness (QED) is 0.314. The molecule has 0 atom stereocenters. The predicted molar refractivity (Wildman–Crippen MR) is 142 cm³/mol. The van der Waals surface area contributed by atoms with Crippen LogP contribution in [-0.2, 0) is 11.3 Å². The highest BCUT2D eigenvalue weighted by Crippen LogP contribution is 2.34. The number of ether oxygens (including phenoxy) is 2. The number of nitrogens with zero attached hydrogens (tertiary/aromatic N) is 3. The molecule has 0 saturated carbocycles. The molecule has 0 bridgehead atoms. The first-order valence-electron chi connectivity index (χ1n) is 11.8. The molecule has 1 amide bonds. The third-order valence-corrected chi connectivity index (χ3v) is 6.56. The first-order chi connectivity index (χ1) is 18.0. The van der Waals surface area contributed by atoms with Crippen molar-refractivity contribution >= 4 is 45.2 Å². The van der Waals surface area contributed by atoms with E-state index < -0.39 is 0 Å². The average Bonchev–Trinajstić information content (AvgIpc) is 3.60. The number of carbonyl (C=O) groups is 1. The fourth-order valence-corrected chi connectivity index (χ4v) is 4.56. The zero-order chi connectivity index (χ0) is 25.5. The van der Waals surface area contributed by atoms with E-state index in [-0.39, 0.29) is 19.2 Å². The summed E-state index contributed by atoms with van der Waals surface area (Å²) in [5.74, 6) is 1.60. The van der Waals surface area contributed by atoms with E-state index in [1.54, 1.807) is 18.2 Å². The molecule has 0 unspecified atom stereocenters. The van der Waals surface area contributed by atoms with Gasteiger partial charge in [0.25, 0.3) is 0 Å². The number of aromatic amines is 1. The van der Waals surface area contributed by atoms with Crippen LogP contribution in [0.3, 0.4) is 0 Å². The number of anilines is 1. The van der Waals surface area contributed by atoms with Crippen molar-refractivity contribution in [3.05, 3.63) is 83.3 Å². The third-order valence-electron chi connectivity index (χ3n) is 6.56. The van der Waals surface area contributed by atoms with Gasteiger partial charge in [0.1, 0.15) is 18.4 Å². The summed E-state index contributed by atoms with van der Waals surface area (Å²) in [6.45, 7) is 4.37. The molecule has 182 valence electrons. The maximum atomic E-state index is 12.9. The van der Waals surface area contributed by atoms with Gasteiger partial charge in [0.2, 0.25) is 12.7 Å². The van der Waals surface area contributed by atoms with Crippen molar-refractivity contribution in [1.82, 2.24) is 14.5 Å². The van der Waals surface area contributed by atoms with Crippen LogP contribution in [0.5, 0.6) is 11.5 Å². The second kappa shape index (κ2) is 8.88. The van der Waals surface area contributed by atoms with Gasteiger partial charge in [-0.15, -0.1) is 0 Å². The van der Waals surface area contributed by atoms with E-state index in [2.05, 4.69) is 21.4 Å². The maximum absolute atomic E-state index is 12.9. The highest BCUT2D eigenvalue weighted by molar-refractivity contribution is 5.99. The molecule has 0 radical (unpaired) electrons. The van der Waals surface area contributed by atoms with Gasteiger partial charge in [0.15, 0.2) is 11.5 Å². The number of aryl methyl sites for hydroxylation is 2. The number of para-hydroxylation sites is 1. The van der Waals surface area contributed by atoms with Gasteiger partial charge in [-0.25, -0.2) is 4.98 Å². The van der Waals surface area contributed by atoms with Gasteiger partial charge in [0.05, 0.1) is 16.6 Å². The first kappa shape index (κ1) is 22.4. The molecule has 0 spiro atoms. The molecule has 6 rings (SSSR count). The highest BCUT2D eigenvalue weighted by Gasteiger charge is 2.16. The van der Waals surface area contributed by atoms with Crippen molar-refractivity contribution in [2.45, 2.75) is 20.4 Å². The summed E-state index contributed by atoms with van der Waals surface area (Å²) >= 11 is 0. The number of benzene rings is 3. The van der Waals surface area contributed by atoms with Gasteiger partial charge in [0, 0.05) is 34.4 Å². The van der Waals surface area contributed by atoms with E-state index >= 15 is 0 Å². The lowest BCUT2D eigenvalue weighted by molar-refractivity contribution is -0.116. The Morgan fingerprint density at radius 3 is 2.81 bits per heavy atom. The van der Waals surface area contributed by atoms with Crippen molar-refractivity contribution in [1.29, 1.82) is 5.26 Å². The molecular formula is C29H23N5O3. The molecule has 1 aliphatic heterocycles. The zero-order valence-corrected chi connectivity index (χ0v) is 20.3. The molecule has 37 heavy (non-hydrogen) atoms. The van der Waals surface area contributed by atoms with E-state index in [1.807, 2.05) is 67.1 Å². The Balaban J connectivity index is 1.31. The van der Waals surface area contributed by atoms with E-state index in [9.17, 15) is 10.1 Å². The zero-order valence-electron chi connectivity index (χ0n) is 20.3. The van der Waals surface area contributed by atoms with Gasteiger partial charge < -0.3 is 24.3 Å². The number of carbonyl (C=O) groups excluding carboxylic acids is 1. The van der Waals surface area contributed by atoms with E-state index in [0.29, 0.717) is 28.6 Å². The number of amides is 1. The average molecular weight is 490 g/mol. The standard InChI is InChI=1S/C29H23N5O3/c1-17-9-23-24(10-18(17)2)33-29(32-23)19(13-30)11-20-14-34(25-6-4-3-5-22(20)25)15-28(35)31-21-7-8-26-27(12-21)37-16-36-26/h3-12,14H,15-16H2,1-2H3,(H,31,35)(H,32,33). The molecule has 8 heteroatoms. The van der Waals surface area contributed by atoms with Crippen LogP contribution < -0.4 is 14.8 Å². The number of nitriles is 1. The number of rotatable bonds is 5. The Kier molecular flexibility index (Phi) is 5.38. The smallest absolute Gasteiger partial charge is 0.244 e. The number of allylic oxidation sites excluding steroid dienone is 1. The SMILES string of the molecule is Cc1cc2nc(C(C#N)=Cc3cn(CC(=O)Nc4ccc5c(c4)OCO5)c4ccccc34)[nH]c2cc1C. The van der Waals surface area contributed by atoms with Gasteiger partial charge in [-0.2, -0.15) is 5.26 Å². The topological polar surface area (TPSA) is 105 Å². The maximum Gasteiger partial charge on any atom is 0.244 e. The summed E-state index contributed by atoms with van der Waals surface area (Å²) in [6.07, 6.45) is 3.70. The second-order valence-electron chi connectivity index (χ2n) is 9.05. The van der Waals surface area contributed by atoms with Gasteiger partial charge in [-0.3, -0.25) is 4.79 Å². The van der Waals surface area contributed by atoms with Crippen LogP contribution in [-0.4, -0.2) is 27.2 Å². The largest absolute Gasteiger partial charge is 0.454 e. The monoisotopic (exact) mass is 489 g/mol. The summed E-state index contributed by atoms with van der Waals surface area (Å²) < 4.78 is 12.6. The molecule has 3 heterocycles. The lowest BCUT2D eigenvalue weighted by Crippen LogP contribution is -2.18. The van der Waals surface area contributed by atoms with Crippen LogP contribution >= 0.6 is 0 Å². The Hall–Kier alpha value is -5.03. The number of hydrogen-bond donors (Lipinski definition) is 2. The van der Waals surface area contributed by atoms with Crippen molar-refractivity contribution in [2.24, 2.45) is 0 Å². The normalized spacial score (nSPS) is 12.7. The van der Waals surface area contributed by atoms with Crippen LogP contribution in [0.1, 0.15) is 22.5 Å². The molecule has 1 aliphatic rings. The molecule has 3 aromatic carbocycles. The van der Waals surface area contributed by atoms with Crippen LogP contribution in [0.15, 0.2) is 60.8 Å². The molecule has 5 aromatic rings. The number of imidazole rings is 1. The molecular weight excluding hydrogens is 466 g/mol. The summed E-state index contributed by atoms with van der Waals surface area (Å²) in [6, 6.07) is 19.4. The van der Waals surface area contributed by atoms with Crippen molar-refractivity contribution in [3.63, 3.8) is 0 Å². The minimum atomic E-state index is -0.182. The van der Waals surface area contributed by atoms with E-state index in [4.69, 9.17) is 9.47 Å². The van der Waals surface area contributed by atoms with Crippen LogP contribution in [0.2, 0.25) is 0 Å². The Bertz CT molecular complexity index is 1730. The van der Waals surface area contributed by atoms with Gasteiger partial charge in [-0.05, 0) is 61.4 Å². The van der Waals surface area contributed by atoms with Crippen LogP contribution in [0.4, 0.5) is 5.69 Å². The van der Waals surface area contributed by atoms with E-state index in [0.717, 1.165) is 38.6 Å². The molecule has 8 nitrogen and oxygen atoms in total. The number of aromatic nitrogens is 3. The minimum absolute atomic E-state index is 0.105. The number of hydrogen-bond acceptors (Lipinski definition) is 5. The number of nitrogens with one attached hydrogen (secondary N) is 2. The summed E-state index contributed by atoms with van der Waals surface area (Å²) in [7, 11) is 0. The Morgan fingerprint density at radius 2 is 1.95 bits per heavy atom. The van der Waals surface area contributed by atoms with Gasteiger partial charge >= 0.3 is 0 Å². The third kappa shape index (κ3) is 4.17. The Morgan fingerprint density at radius 1 is 1.14 bits per heavy atom.